The number of amides is 2. The highest BCUT2D eigenvalue weighted by Gasteiger charge is 2.40. The Morgan fingerprint density at radius 3 is 2.40 bits per heavy atom. The van der Waals surface area contributed by atoms with E-state index in [0.717, 1.165) is 12.3 Å². The molecule has 5 rings (SSSR count). The van der Waals surface area contributed by atoms with Crippen LogP contribution in [0.1, 0.15) is 45.8 Å². The van der Waals surface area contributed by atoms with E-state index in [4.69, 9.17) is 9.47 Å². The first-order valence-corrected chi connectivity index (χ1v) is 15.8. The molecular weight excluding hydrogens is 703 g/mol. The number of halogens is 4. The largest absolute Gasteiger partial charge is 0.433 e. The molecule has 2 amide bonds. The Morgan fingerprint density at radius 2 is 1.77 bits per heavy atom. The molecule has 2 aromatic heterocycles. The SMILES string of the molecule is CNc1cncc(C(=O)N2C[C@H](Nc3c(C(=O)N4C[C@@H](C)O[C@@H](C)C4)cc(Br)cc3[N+](=O)[O-])[C@@H](OCc3ccc(C(F)(F)F)nc3)C2)c1. The number of anilines is 2. The van der Waals surface area contributed by atoms with Crippen molar-refractivity contribution in [3.8, 4) is 0 Å². The number of carbonyl (C=O) groups is 2. The molecule has 2 aliphatic heterocycles. The lowest BCUT2D eigenvalue weighted by Gasteiger charge is -2.35. The van der Waals surface area contributed by atoms with E-state index in [1.165, 1.54) is 29.3 Å². The number of rotatable bonds is 9. The first kappa shape index (κ1) is 35.0. The average molecular weight is 737 g/mol. The minimum absolute atomic E-state index is 0.0189. The van der Waals surface area contributed by atoms with E-state index < -0.39 is 34.8 Å². The van der Waals surface area contributed by atoms with Gasteiger partial charge in [0.05, 0.1) is 52.7 Å². The zero-order chi connectivity index (χ0) is 34.7. The van der Waals surface area contributed by atoms with Crippen LogP contribution >= 0.6 is 15.9 Å². The Hall–Kier alpha value is -4.35. The minimum atomic E-state index is -4.61. The number of nitro benzene ring substituents is 1. The standard InChI is InChI=1S/C31H33BrF3N7O6/c1-17-12-40(13-18(2)48-17)30(44)23-7-21(32)8-25(42(45)46)28(23)39-24-14-41(29(43)20-6-22(36-3)11-37-10-20)15-26(24)47-16-19-4-5-27(38-9-19)31(33,34)35/h4-11,17-18,24,26,36,39H,12-16H2,1-3H3/t17-,18+,24-,26-/m0/s1. The number of nitrogens with zero attached hydrogens (tertiary/aromatic N) is 5. The first-order chi connectivity index (χ1) is 22.7. The van der Waals surface area contributed by atoms with Gasteiger partial charge < -0.3 is 29.9 Å². The Labute approximate surface area is 282 Å². The summed E-state index contributed by atoms with van der Waals surface area (Å²) in [7, 11) is 1.68. The topological polar surface area (TPSA) is 152 Å². The van der Waals surface area contributed by atoms with Crippen molar-refractivity contribution >= 4 is 44.8 Å². The van der Waals surface area contributed by atoms with E-state index in [0.29, 0.717) is 15.7 Å². The lowest BCUT2D eigenvalue weighted by Crippen LogP contribution is -2.48. The quantitative estimate of drug-likeness (QED) is 0.227. The Kier molecular flexibility index (Phi) is 10.5. The summed E-state index contributed by atoms with van der Waals surface area (Å²) in [6.07, 6.45) is -1.89. The third-order valence-corrected chi connectivity index (χ3v) is 8.41. The Bertz CT molecular complexity index is 1670. The van der Waals surface area contributed by atoms with Crippen LogP contribution in [0.4, 0.5) is 30.2 Å². The number of morpholine rings is 1. The maximum atomic E-state index is 13.9. The molecule has 2 saturated heterocycles. The van der Waals surface area contributed by atoms with Gasteiger partial charge in [0.1, 0.15) is 11.4 Å². The van der Waals surface area contributed by atoms with Crippen molar-refractivity contribution in [2.45, 2.75) is 51.0 Å². The summed E-state index contributed by atoms with van der Waals surface area (Å²) in [4.78, 5) is 49.9. The van der Waals surface area contributed by atoms with Crippen LogP contribution in [-0.4, -0.2) is 94.1 Å². The summed E-state index contributed by atoms with van der Waals surface area (Å²) in [5, 5.41) is 18.4. The second-order valence-corrected chi connectivity index (χ2v) is 12.6. The van der Waals surface area contributed by atoms with Gasteiger partial charge in [0, 0.05) is 62.4 Å². The molecule has 17 heteroatoms. The molecule has 4 heterocycles. The van der Waals surface area contributed by atoms with Crippen LogP contribution in [0.15, 0.2) is 53.4 Å². The van der Waals surface area contributed by atoms with Crippen LogP contribution in [0.2, 0.25) is 0 Å². The molecule has 2 N–H and O–H groups in total. The highest BCUT2D eigenvalue weighted by atomic mass is 79.9. The molecule has 4 atom stereocenters. The van der Waals surface area contributed by atoms with Gasteiger partial charge in [-0.3, -0.25) is 29.7 Å². The summed E-state index contributed by atoms with van der Waals surface area (Å²) < 4.78 is 51.3. The zero-order valence-corrected chi connectivity index (χ0v) is 27.7. The summed E-state index contributed by atoms with van der Waals surface area (Å²) in [5.41, 5.74) is -0.194. The van der Waals surface area contributed by atoms with Crippen molar-refractivity contribution in [1.29, 1.82) is 0 Å². The predicted molar refractivity (Wildman–Crippen MR) is 172 cm³/mol. The van der Waals surface area contributed by atoms with Gasteiger partial charge >= 0.3 is 6.18 Å². The smallest absolute Gasteiger partial charge is 0.387 e. The Morgan fingerprint density at radius 1 is 1.06 bits per heavy atom. The number of hydrogen-bond donors (Lipinski definition) is 2. The number of carbonyl (C=O) groups excluding carboxylic acids is 2. The molecule has 0 radical (unpaired) electrons. The molecule has 48 heavy (non-hydrogen) atoms. The second-order valence-electron chi connectivity index (χ2n) is 11.6. The van der Waals surface area contributed by atoms with Gasteiger partial charge in [0.2, 0.25) is 0 Å². The zero-order valence-electron chi connectivity index (χ0n) is 26.2. The number of ether oxygens (including phenoxy) is 2. The van der Waals surface area contributed by atoms with Crippen molar-refractivity contribution in [3.63, 3.8) is 0 Å². The highest BCUT2D eigenvalue weighted by molar-refractivity contribution is 9.10. The van der Waals surface area contributed by atoms with Gasteiger partial charge in [-0.25, -0.2) is 0 Å². The predicted octanol–water partition coefficient (Wildman–Crippen LogP) is 4.98. The Balaban J connectivity index is 1.47. The van der Waals surface area contributed by atoms with E-state index in [2.05, 4.69) is 36.5 Å². The number of benzene rings is 1. The molecule has 0 bridgehead atoms. The number of likely N-dealkylation sites (tertiary alicyclic amines) is 1. The van der Waals surface area contributed by atoms with Crippen molar-refractivity contribution in [3.05, 3.63) is 85.9 Å². The van der Waals surface area contributed by atoms with Crippen LogP contribution in [0.5, 0.6) is 0 Å². The maximum Gasteiger partial charge on any atom is 0.433 e. The molecule has 13 nitrogen and oxygen atoms in total. The fourth-order valence-electron chi connectivity index (χ4n) is 5.76. The molecule has 2 fully saturated rings. The van der Waals surface area contributed by atoms with Gasteiger partial charge in [-0.1, -0.05) is 22.0 Å². The van der Waals surface area contributed by atoms with Crippen LogP contribution in [0.25, 0.3) is 0 Å². The molecule has 3 aromatic rings. The number of pyridine rings is 2. The van der Waals surface area contributed by atoms with Crippen molar-refractivity contribution in [2.75, 3.05) is 43.9 Å². The molecule has 256 valence electrons. The second kappa shape index (κ2) is 14.4. The highest BCUT2D eigenvalue weighted by Crippen LogP contribution is 2.36. The lowest BCUT2D eigenvalue weighted by molar-refractivity contribution is -0.384. The van der Waals surface area contributed by atoms with E-state index >= 15 is 0 Å². The number of nitrogens with one attached hydrogen (secondary N) is 2. The summed E-state index contributed by atoms with van der Waals surface area (Å²) in [6.45, 7) is 4.11. The average Bonchev–Trinajstić information content (AvgIpc) is 3.45. The fourth-order valence-corrected chi connectivity index (χ4v) is 6.21. The van der Waals surface area contributed by atoms with Gasteiger partial charge in [0.25, 0.3) is 17.5 Å². The van der Waals surface area contributed by atoms with Crippen molar-refractivity contribution < 1.29 is 37.2 Å². The van der Waals surface area contributed by atoms with Gasteiger partial charge in [0.15, 0.2) is 0 Å². The molecule has 0 saturated carbocycles. The minimum Gasteiger partial charge on any atom is -0.387 e. The monoisotopic (exact) mass is 735 g/mol. The van der Waals surface area contributed by atoms with E-state index in [1.54, 1.807) is 24.2 Å². The van der Waals surface area contributed by atoms with Gasteiger partial charge in [-0.05, 0) is 37.6 Å². The normalized spacial score (nSPS) is 21.2. The van der Waals surface area contributed by atoms with Crippen LogP contribution < -0.4 is 10.6 Å². The first-order valence-electron chi connectivity index (χ1n) is 15.0. The molecule has 1 aromatic carbocycles. The molecule has 2 aliphatic rings. The maximum absolute atomic E-state index is 13.9. The van der Waals surface area contributed by atoms with Crippen molar-refractivity contribution in [1.82, 2.24) is 19.8 Å². The molecule has 0 spiro atoms. The number of nitro groups is 1. The van der Waals surface area contributed by atoms with Crippen LogP contribution in [0, 0.1) is 10.1 Å². The summed E-state index contributed by atoms with van der Waals surface area (Å²) in [5.74, 6) is -0.829. The van der Waals surface area contributed by atoms with Crippen LogP contribution in [-0.2, 0) is 22.3 Å². The van der Waals surface area contributed by atoms with E-state index in [9.17, 15) is 32.9 Å². The molecule has 0 unspecified atom stereocenters. The molecule has 0 aliphatic carbocycles. The molecular formula is C31H33BrF3N7O6. The van der Waals surface area contributed by atoms with E-state index in [1.807, 2.05) is 13.8 Å². The fraction of sp³-hybridized carbons (Fsp3) is 0.419. The third-order valence-electron chi connectivity index (χ3n) is 7.95. The van der Waals surface area contributed by atoms with Gasteiger partial charge in [-0.15, -0.1) is 0 Å². The van der Waals surface area contributed by atoms with Crippen LogP contribution in [0.3, 0.4) is 0 Å². The number of alkyl halides is 3. The summed E-state index contributed by atoms with van der Waals surface area (Å²) >= 11 is 3.30. The third kappa shape index (κ3) is 8.02. The number of hydrogen-bond acceptors (Lipinski definition) is 10. The van der Waals surface area contributed by atoms with Gasteiger partial charge in [-0.2, -0.15) is 13.2 Å². The number of aromatic nitrogens is 2. The van der Waals surface area contributed by atoms with Crippen molar-refractivity contribution in [2.24, 2.45) is 0 Å². The summed E-state index contributed by atoms with van der Waals surface area (Å²) in [6, 6.07) is 5.72. The van der Waals surface area contributed by atoms with E-state index in [-0.39, 0.29) is 73.4 Å². The lowest BCUT2D eigenvalue weighted by atomic mass is 10.1.